The number of carbonyl (C=O) groups is 1. The third-order valence-corrected chi connectivity index (χ3v) is 6.44. The van der Waals surface area contributed by atoms with Crippen molar-refractivity contribution in [1.82, 2.24) is 14.8 Å². The molecule has 1 aromatic heterocycles. The first kappa shape index (κ1) is 20.3. The van der Waals surface area contributed by atoms with Crippen molar-refractivity contribution in [2.45, 2.75) is 42.6 Å². The molecule has 1 aliphatic heterocycles. The lowest BCUT2D eigenvalue weighted by Gasteiger charge is -2.17. The number of rotatable bonds is 5. The summed E-state index contributed by atoms with van der Waals surface area (Å²) >= 11 is 13.6. The van der Waals surface area contributed by atoms with Crippen molar-refractivity contribution in [2.24, 2.45) is 0 Å². The van der Waals surface area contributed by atoms with Crippen molar-refractivity contribution in [2.75, 3.05) is 5.32 Å². The number of aromatic nitrogens is 3. The maximum absolute atomic E-state index is 13.2. The Balaban J connectivity index is 1.62. The smallest absolute Gasteiger partial charge is 0.242 e. The van der Waals surface area contributed by atoms with E-state index in [9.17, 15) is 4.79 Å². The van der Waals surface area contributed by atoms with Crippen molar-refractivity contribution < 1.29 is 4.79 Å². The topological polar surface area (TPSA) is 59.8 Å². The first-order valence-corrected chi connectivity index (χ1v) is 11.1. The number of amides is 1. The minimum atomic E-state index is -0.481. The number of thioether (sulfide) groups is 1. The maximum atomic E-state index is 13.2. The molecular weight excluding hydrogens is 427 g/mol. The van der Waals surface area contributed by atoms with Crippen LogP contribution in [0, 0.1) is 0 Å². The van der Waals surface area contributed by atoms with Crippen LogP contribution in [0.5, 0.6) is 0 Å². The van der Waals surface area contributed by atoms with Gasteiger partial charge in [-0.05, 0) is 36.6 Å². The molecule has 5 nitrogen and oxygen atoms in total. The molecule has 1 aliphatic rings. The summed E-state index contributed by atoms with van der Waals surface area (Å²) in [4.78, 5) is 13.2. The number of hydrogen-bond donors (Lipinski definition) is 1. The fourth-order valence-corrected chi connectivity index (χ4v) is 4.99. The molecule has 0 fully saturated rings. The largest absolute Gasteiger partial charge is 0.325 e. The number of carbonyl (C=O) groups excluding carboxylic acids is 1. The summed E-state index contributed by atoms with van der Waals surface area (Å²) in [5, 5.41) is 12.9. The molecule has 0 radical (unpaired) electrons. The normalized spacial score (nSPS) is 14.7. The van der Waals surface area contributed by atoms with Crippen LogP contribution >= 0.6 is 35.0 Å². The summed E-state index contributed by atoms with van der Waals surface area (Å²) in [6, 6.07) is 14.7. The zero-order chi connectivity index (χ0) is 20.2. The molecule has 3 aromatic rings. The van der Waals surface area contributed by atoms with Gasteiger partial charge in [0.15, 0.2) is 5.16 Å². The predicted molar refractivity (Wildman–Crippen MR) is 118 cm³/mol. The molecule has 0 spiro atoms. The van der Waals surface area contributed by atoms with Crippen molar-refractivity contribution in [3.63, 3.8) is 0 Å². The average Bonchev–Trinajstić information content (AvgIpc) is 2.91. The van der Waals surface area contributed by atoms with Gasteiger partial charge >= 0.3 is 0 Å². The van der Waals surface area contributed by atoms with Crippen molar-refractivity contribution in [1.29, 1.82) is 0 Å². The summed E-state index contributed by atoms with van der Waals surface area (Å²) in [5.41, 5.74) is 1.46. The number of nitrogens with zero attached hydrogens (tertiary/aromatic N) is 3. The van der Waals surface area contributed by atoms with E-state index in [-0.39, 0.29) is 5.91 Å². The molecule has 0 aliphatic carbocycles. The lowest BCUT2D eigenvalue weighted by Crippen LogP contribution is -2.19. The maximum Gasteiger partial charge on any atom is 0.242 e. The van der Waals surface area contributed by atoms with Gasteiger partial charge in [-0.1, -0.05) is 71.7 Å². The van der Waals surface area contributed by atoms with Crippen molar-refractivity contribution >= 4 is 46.6 Å². The van der Waals surface area contributed by atoms with Crippen LogP contribution in [0.15, 0.2) is 53.7 Å². The summed E-state index contributed by atoms with van der Waals surface area (Å²) in [5.74, 6) is 0.837. The highest BCUT2D eigenvalue weighted by Gasteiger charge is 2.26. The third-order valence-electron chi connectivity index (χ3n) is 4.77. The second-order valence-electron chi connectivity index (χ2n) is 6.92. The highest BCUT2D eigenvalue weighted by molar-refractivity contribution is 8.00. The van der Waals surface area contributed by atoms with E-state index in [0.717, 1.165) is 42.4 Å². The van der Waals surface area contributed by atoms with E-state index in [1.807, 2.05) is 30.3 Å². The lowest BCUT2D eigenvalue weighted by molar-refractivity contribution is -0.115. The Morgan fingerprint density at radius 3 is 2.55 bits per heavy atom. The van der Waals surface area contributed by atoms with Gasteiger partial charge in [-0.2, -0.15) is 0 Å². The molecule has 29 heavy (non-hydrogen) atoms. The number of nitrogens with one attached hydrogen (secondary N) is 1. The van der Waals surface area contributed by atoms with Crippen LogP contribution in [0.1, 0.15) is 35.9 Å². The first-order valence-electron chi connectivity index (χ1n) is 9.51. The van der Waals surface area contributed by atoms with E-state index in [4.69, 9.17) is 23.2 Å². The quantitative estimate of drug-likeness (QED) is 0.504. The average molecular weight is 447 g/mol. The second kappa shape index (κ2) is 9.20. The fourth-order valence-electron chi connectivity index (χ4n) is 3.39. The Labute approximate surface area is 183 Å². The van der Waals surface area contributed by atoms with E-state index < -0.39 is 5.25 Å². The monoisotopic (exact) mass is 446 g/mol. The van der Waals surface area contributed by atoms with Gasteiger partial charge in [0.25, 0.3) is 0 Å². The molecule has 4 rings (SSSR count). The standard InChI is InChI=1S/C21H20Cl2N4OS/c22-15-11-16(23)13-17(12-15)24-20(28)19(14-7-3-1-4-8-14)29-21-26-25-18-9-5-2-6-10-27(18)21/h1,3-4,7-8,11-13,19H,2,5-6,9-10H2,(H,24,28)/t19-/m1/s1. The molecule has 8 heteroatoms. The number of fused-ring (bicyclic) bond motifs is 1. The molecule has 0 unspecified atom stereocenters. The zero-order valence-electron chi connectivity index (χ0n) is 15.6. The van der Waals surface area contributed by atoms with Crippen LogP contribution in [0.4, 0.5) is 5.69 Å². The van der Waals surface area contributed by atoms with Crippen molar-refractivity contribution in [3.8, 4) is 0 Å². The molecule has 0 saturated carbocycles. The van der Waals surface area contributed by atoms with Crippen LogP contribution in [-0.4, -0.2) is 20.7 Å². The lowest BCUT2D eigenvalue weighted by atomic mass is 10.1. The SMILES string of the molecule is O=C(Nc1cc(Cl)cc(Cl)c1)[C@H](Sc1nnc2n1CCCCC2)c1ccccc1. The first-order chi connectivity index (χ1) is 14.1. The van der Waals surface area contributed by atoms with Crippen LogP contribution in [0.2, 0.25) is 10.0 Å². The fraction of sp³-hybridized carbons (Fsp3) is 0.286. The molecule has 1 atom stereocenters. The highest BCUT2D eigenvalue weighted by atomic mass is 35.5. The Morgan fingerprint density at radius 2 is 1.79 bits per heavy atom. The molecule has 1 N–H and O–H groups in total. The van der Waals surface area contributed by atoms with Gasteiger partial charge in [-0.25, -0.2) is 0 Å². The van der Waals surface area contributed by atoms with Crippen LogP contribution in [-0.2, 0) is 17.8 Å². The number of benzene rings is 2. The van der Waals surface area contributed by atoms with E-state index in [2.05, 4.69) is 20.1 Å². The Morgan fingerprint density at radius 1 is 1.03 bits per heavy atom. The van der Waals surface area contributed by atoms with E-state index in [0.29, 0.717) is 15.7 Å². The van der Waals surface area contributed by atoms with Gasteiger partial charge < -0.3 is 9.88 Å². The summed E-state index contributed by atoms with van der Waals surface area (Å²) in [6.07, 6.45) is 4.34. The Bertz CT molecular complexity index is 989. The van der Waals surface area contributed by atoms with Gasteiger partial charge in [-0.15, -0.1) is 10.2 Å². The number of halogens is 2. The van der Waals surface area contributed by atoms with Gasteiger partial charge in [-0.3, -0.25) is 4.79 Å². The van der Waals surface area contributed by atoms with E-state index in [1.165, 1.54) is 18.2 Å². The number of aryl methyl sites for hydroxylation is 1. The van der Waals surface area contributed by atoms with Crippen LogP contribution in [0.3, 0.4) is 0 Å². The number of hydrogen-bond acceptors (Lipinski definition) is 4. The molecular formula is C21H20Cl2N4OS. The van der Waals surface area contributed by atoms with Gasteiger partial charge in [0, 0.05) is 28.7 Å². The molecule has 1 amide bonds. The Kier molecular flexibility index (Phi) is 6.43. The molecule has 2 aromatic carbocycles. The minimum absolute atomic E-state index is 0.162. The summed E-state index contributed by atoms with van der Waals surface area (Å²) in [7, 11) is 0. The second-order valence-corrected chi connectivity index (χ2v) is 8.86. The van der Waals surface area contributed by atoms with E-state index >= 15 is 0 Å². The van der Waals surface area contributed by atoms with E-state index in [1.54, 1.807) is 18.2 Å². The zero-order valence-corrected chi connectivity index (χ0v) is 18.0. The summed E-state index contributed by atoms with van der Waals surface area (Å²) in [6.45, 7) is 0.887. The molecule has 0 saturated heterocycles. The van der Waals surface area contributed by atoms with Gasteiger partial charge in [0.2, 0.25) is 5.91 Å². The molecule has 0 bridgehead atoms. The van der Waals surface area contributed by atoms with Crippen molar-refractivity contribution in [3.05, 3.63) is 70.0 Å². The predicted octanol–water partition coefficient (Wildman–Crippen LogP) is 5.78. The Hall–Kier alpha value is -2.02. The van der Waals surface area contributed by atoms with Gasteiger partial charge in [0.1, 0.15) is 11.1 Å². The van der Waals surface area contributed by atoms with Crippen LogP contribution < -0.4 is 5.32 Å². The summed E-state index contributed by atoms with van der Waals surface area (Å²) < 4.78 is 2.15. The minimum Gasteiger partial charge on any atom is -0.325 e. The molecule has 2 heterocycles. The van der Waals surface area contributed by atoms with Gasteiger partial charge in [0.05, 0.1) is 0 Å². The molecule has 150 valence electrons. The third kappa shape index (κ3) is 4.94. The highest BCUT2D eigenvalue weighted by Crippen LogP contribution is 2.36. The van der Waals surface area contributed by atoms with Crippen LogP contribution in [0.25, 0.3) is 0 Å². The number of anilines is 1.